The van der Waals surface area contributed by atoms with Gasteiger partial charge < -0.3 is 9.47 Å². The van der Waals surface area contributed by atoms with Gasteiger partial charge in [0.15, 0.2) is 0 Å². The monoisotopic (exact) mass is 383 g/mol. The highest BCUT2D eigenvalue weighted by Gasteiger charge is 2.38. The van der Waals surface area contributed by atoms with Gasteiger partial charge in [-0.2, -0.15) is 0 Å². The first-order chi connectivity index (χ1) is 13.3. The third-order valence-corrected chi connectivity index (χ3v) is 4.91. The van der Waals surface area contributed by atoms with Crippen LogP contribution in [-0.4, -0.2) is 32.2 Å². The van der Waals surface area contributed by atoms with E-state index in [2.05, 4.69) is 71.0 Å². The summed E-state index contributed by atoms with van der Waals surface area (Å²) in [4.78, 5) is 2.23. The first-order valence-corrected chi connectivity index (χ1v) is 10.4. The number of benzene rings is 2. The van der Waals surface area contributed by atoms with Crippen molar-refractivity contribution in [2.75, 3.05) is 27.3 Å². The Kier molecular flexibility index (Phi) is 8.53. The quantitative estimate of drug-likeness (QED) is 0.365. The van der Waals surface area contributed by atoms with E-state index >= 15 is 0 Å². The molecule has 0 saturated heterocycles. The van der Waals surface area contributed by atoms with Crippen LogP contribution in [-0.2, 0) is 16.9 Å². The molecule has 0 aromatic heterocycles. The molecule has 3 heteroatoms. The number of ether oxygens (including phenoxy) is 2. The Labute approximate surface area is 171 Å². The molecule has 154 valence electrons. The molecule has 2 aromatic carbocycles. The molecule has 0 amide bonds. The van der Waals surface area contributed by atoms with Crippen LogP contribution >= 0.6 is 0 Å². The molecule has 0 N–H and O–H groups in total. The predicted octanol–water partition coefficient (Wildman–Crippen LogP) is 5.74. The molecule has 0 spiro atoms. The smallest absolute Gasteiger partial charge is 0.147 e. The second kappa shape index (κ2) is 10.6. The Hall–Kier alpha value is -1.84. The van der Waals surface area contributed by atoms with Crippen LogP contribution in [0.4, 0.5) is 0 Å². The minimum Gasteiger partial charge on any atom is -0.491 e. The summed E-state index contributed by atoms with van der Waals surface area (Å²) in [7, 11) is 4.24. The molecule has 0 saturated carbocycles. The second-order valence-corrected chi connectivity index (χ2v) is 8.54. The van der Waals surface area contributed by atoms with Gasteiger partial charge in [-0.3, -0.25) is 4.90 Å². The van der Waals surface area contributed by atoms with Crippen molar-refractivity contribution in [1.82, 2.24) is 4.90 Å². The summed E-state index contributed by atoms with van der Waals surface area (Å²) >= 11 is 0. The van der Waals surface area contributed by atoms with Gasteiger partial charge in [-0.15, -0.1) is 0 Å². The fourth-order valence-corrected chi connectivity index (χ4v) is 3.76. The molecule has 2 rings (SSSR count). The first kappa shape index (κ1) is 22.4. The highest BCUT2D eigenvalue weighted by molar-refractivity contribution is 5.33. The van der Waals surface area contributed by atoms with Gasteiger partial charge >= 0.3 is 0 Å². The van der Waals surface area contributed by atoms with E-state index in [1.807, 2.05) is 30.3 Å². The molecule has 1 unspecified atom stereocenters. The van der Waals surface area contributed by atoms with Crippen LogP contribution in [0.25, 0.3) is 0 Å². The van der Waals surface area contributed by atoms with Crippen LogP contribution in [0.1, 0.15) is 45.2 Å². The molecule has 1 atom stereocenters. The Balaban J connectivity index is 2.25. The van der Waals surface area contributed by atoms with Gasteiger partial charge in [0.2, 0.25) is 0 Å². The lowest BCUT2D eigenvalue weighted by atomic mass is 9.86. The van der Waals surface area contributed by atoms with Crippen LogP contribution in [0.2, 0.25) is 0 Å². The lowest BCUT2D eigenvalue weighted by Gasteiger charge is -2.42. The summed E-state index contributed by atoms with van der Waals surface area (Å²) in [6, 6.07) is 18.7. The average Bonchev–Trinajstić information content (AvgIpc) is 2.64. The third kappa shape index (κ3) is 6.08. The zero-order valence-corrected chi connectivity index (χ0v) is 18.4. The van der Waals surface area contributed by atoms with E-state index in [9.17, 15) is 0 Å². The largest absolute Gasteiger partial charge is 0.491 e. The van der Waals surface area contributed by atoms with E-state index in [0.717, 1.165) is 18.6 Å². The minimum atomic E-state index is -0.459. The van der Waals surface area contributed by atoms with E-state index in [4.69, 9.17) is 9.47 Å². The van der Waals surface area contributed by atoms with E-state index < -0.39 is 5.72 Å². The summed E-state index contributed by atoms with van der Waals surface area (Å²) in [5.74, 6) is 1.98. The van der Waals surface area contributed by atoms with Crippen molar-refractivity contribution in [3.05, 3.63) is 65.7 Å². The number of rotatable bonds is 11. The van der Waals surface area contributed by atoms with Crippen molar-refractivity contribution in [3.63, 3.8) is 0 Å². The summed E-state index contributed by atoms with van der Waals surface area (Å²) in [5.41, 5.74) is 2.19. The zero-order valence-electron chi connectivity index (χ0n) is 18.4. The van der Waals surface area contributed by atoms with Crippen LogP contribution < -0.4 is 4.74 Å². The van der Waals surface area contributed by atoms with Gasteiger partial charge in [0.05, 0.1) is 6.61 Å². The van der Waals surface area contributed by atoms with E-state index in [0.29, 0.717) is 25.0 Å². The van der Waals surface area contributed by atoms with Gasteiger partial charge in [-0.1, -0.05) is 70.2 Å². The molecule has 0 aliphatic carbocycles. The number of hydrogen-bond acceptors (Lipinski definition) is 3. The van der Waals surface area contributed by atoms with E-state index in [1.165, 1.54) is 11.1 Å². The summed E-state index contributed by atoms with van der Waals surface area (Å²) < 4.78 is 12.5. The highest BCUT2D eigenvalue weighted by atomic mass is 16.5. The molecule has 0 aliphatic rings. The molecular weight excluding hydrogens is 346 g/mol. The van der Waals surface area contributed by atoms with Crippen molar-refractivity contribution < 1.29 is 9.47 Å². The van der Waals surface area contributed by atoms with Gasteiger partial charge in [0, 0.05) is 5.56 Å². The molecule has 2 aromatic rings. The Morgan fingerprint density at radius 3 is 2.07 bits per heavy atom. The summed E-state index contributed by atoms with van der Waals surface area (Å²) in [5, 5.41) is 0. The van der Waals surface area contributed by atoms with Crippen molar-refractivity contribution in [3.8, 4) is 5.75 Å². The van der Waals surface area contributed by atoms with Gasteiger partial charge in [0.1, 0.15) is 18.1 Å². The maximum absolute atomic E-state index is 6.63. The lowest BCUT2D eigenvalue weighted by molar-refractivity contribution is -0.162. The topological polar surface area (TPSA) is 21.7 Å². The van der Waals surface area contributed by atoms with Crippen molar-refractivity contribution >= 4 is 0 Å². The SMILES string of the molecule is CC(C)Cc1ccccc1C(CC(C)C)(OCCOc1ccccc1)N(C)C. The summed E-state index contributed by atoms with van der Waals surface area (Å²) in [6.07, 6.45) is 1.98. The molecule has 28 heavy (non-hydrogen) atoms. The maximum atomic E-state index is 6.63. The van der Waals surface area contributed by atoms with Crippen LogP contribution in [0.3, 0.4) is 0 Å². The van der Waals surface area contributed by atoms with Gasteiger partial charge in [-0.25, -0.2) is 0 Å². The van der Waals surface area contributed by atoms with Gasteiger partial charge in [-0.05, 0) is 56.5 Å². The standard InChI is InChI=1S/C25H37NO2/c1-20(2)18-22-12-10-11-15-24(22)25(26(5)6,19-21(3)4)28-17-16-27-23-13-8-7-9-14-23/h7-15,20-21H,16-19H2,1-6H3. The van der Waals surface area contributed by atoms with Crippen LogP contribution in [0.5, 0.6) is 5.75 Å². The minimum absolute atomic E-state index is 0.459. The second-order valence-electron chi connectivity index (χ2n) is 8.54. The molecule has 0 radical (unpaired) electrons. The molecule has 3 nitrogen and oxygen atoms in total. The van der Waals surface area contributed by atoms with Crippen LogP contribution in [0, 0.1) is 11.8 Å². The number of para-hydroxylation sites is 1. The maximum Gasteiger partial charge on any atom is 0.147 e. The molecule has 0 aliphatic heterocycles. The number of nitrogens with zero attached hydrogens (tertiary/aromatic N) is 1. The average molecular weight is 384 g/mol. The van der Waals surface area contributed by atoms with Crippen molar-refractivity contribution in [1.29, 1.82) is 0 Å². The first-order valence-electron chi connectivity index (χ1n) is 10.4. The van der Waals surface area contributed by atoms with E-state index in [1.54, 1.807) is 0 Å². The fourth-order valence-electron chi connectivity index (χ4n) is 3.76. The summed E-state index contributed by atoms with van der Waals surface area (Å²) in [6.45, 7) is 10.1. The molecular formula is C25H37NO2. The molecule has 0 fully saturated rings. The fraction of sp³-hybridized carbons (Fsp3) is 0.520. The normalized spacial score (nSPS) is 13.9. The van der Waals surface area contributed by atoms with Crippen LogP contribution in [0.15, 0.2) is 54.6 Å². The molecule has 0 heterocycles. The number of hydrogen-bond donors (Lipinski definition) is 0. The zero-order chi connectivity index (χ0) is 20.6. The highest BCUT2D eigenvalue weighted by Crippen LogP contribution is 2.37. The lowest BCUT2D eigenvalue weighted by Crippen LogP contribution is -2.46. The third-order valence-electron chi connectivity index (χ3n) is 4.91. The molecule has 0 bridgehead atoms. The van der Waals surface area contributed by atoms with Crippen molar-refractivity contribution in [2.24, 2.45) is 11.8 Å². The van der Waals surface area contributed by atoms with Crippen molar-refractivity contribution in [2.45, 2.75) is 46.3 Å². The van der Waals surface area contributed by atoms with E-state index in [-0.39, 0.29) is 0 Å². The Morgan fingerprint density at radius 1 is 0.821 bits per heavy atom. The predicted molar refractivity (Wildman–Crippen MR) is 118 cm³/mol. The Bertz CT molecular complexity index is 697. The Morgan fingerprint density at radius 2 is 1.46 bits per heavy atom. The van der Waals surface area contributed by atoms with Gasteiger partial charge in [0.25, 0.3) is 0 Å².